The number of hydrogen-bond acceptors (Lipinski definition) is 10. The van der Waals surface area contributed by atoms with E-state index in [1.807, 2.05) is 0 Å². The molecule has 0 unspecified atom stereocenters. The SMILES string of the molecule is COc1cccc(OC)c1-n1c(-c2ccc(C)o2)nnc1N(CC[Si-](C)(C)C)S(=O)(=O)[C@@H](C)[C@@H](O)c1cscn1. The first-order valence-electron chi connectivity index (χ1n) is 12.7. The quantitative estimate of drug-likeness (QED) is 0.224. The molecule has 11 nitrogen and oxygen atoms in total. The number of para-hydroxylation sites is 1. The molecule has 4 aromatic rings. The van der Waals surface area contributed by atoms with Gasteiger partial charge in [0.25, 0.3) is 0 Å². The van der Waals surface area contributed by atoms with E-state index in [2.05, 4.69) is 34.8 Å². The molecule has 0 aliphatic heterocycles. The summed E-state index contributed by atoms with van der Waals surface area (Å²) in [4.78, 5) is 4.14. The molecule has 1 N–H and O–H groups in total. The van der Waals surface area contributed by atoms with Crippen LogP contribution in [-0.2, 0) is 10.0 Å². The summed E-state index contributed by atoms with van der Waals surface area (Å²) in [6, 6.07) is 9.43. The minimum atomic E-state index is -4.20. The van der Waals surface area contributed by atoms with Gasteiger partial charge < -0.3 is 19.0 Å². The third-order valence-corrected chi connectivity index (χ3v) is 11.0. The summed E-state index contributed by atoms with van der Waals surface area (Å²) in [7, 11) is -2.90. The molecule has 0 spiro atoms. The fourth-order valence-corrected chi connectivity index (χ4v) is 7.36. The van der Waals surface area contributed by atoms with E-state index in [1.165, 1.54) is 36.8 Å². The van der Waals surface area contributed by atoms with Crippen LogP contribution in [0.1, 0.15) is 24.5 Å². The maximum absolute atomic E-state index is 14.3. The van der Waals surface area contributed by atoms with Crippen LogP contribution in [-0.4, -0.2) is 67.4 Å². The van der Waals surface area contributed by atoms with Crippen LogP contribution in [0.3, 0.4) is 0 Å². The van der Waals surface area contributed by atoms with E-state index in [9.17, 15) is 13.5 Å². The molecular weight excluding hydrogens is 571 g/mol. The van der Waals surface area contributed by atoms with E-state index < -0.39 is 29.5 Å². The van der Waals surface area contributed by atoms with Crippen molar-refractivity contribution in [2.45, 2.75) is 50.9 Å². The van der Waals surface area contributed by atoms with Gasteiger partial charge in [-0.2, -0.15) is 19.6 Å². The lowest BCUT2D eigenvalue weighted by atomic mass is 10.2. The van der Waals surface area contributed by atoms with E-state index >= 15 is 0 Å². The zero-order valence-corrected chi connectivity index (χ0v) is 26.3. The van der Waals surface area contributed by atoms with Crippen LogP contribution >= 0.6 is 11.3 Å². The summed E-state index contributed by atoms with van der Waals surface area (Å²) >= 11 is 1.29. The third kappa shape index (κ3) is 5.94. The number of aromatic nitrogens is 4. The molecule has 217 valence electrons. The van der Waals surface area contributed by atoms with Crippen molar-refractivity contribution in [2.75, 3.05) is 25.1 Å². The highest BCUT2D eigenvalue weighted by Gasteiger charge is 2.39. The largest absolute Gasteiger partial charge is 0.494 e. The van der Waals surface area contributed by atoms with Gasteiger partial charge in [0, 0.05) is 11.9 Å². The molecule has 3 aromatic heterocycles. The number of thiazole rings is 1. The second-order valence-corrected chi connectivity index (χ2v) is 19.1. The zero-order valence-electron chi connectivity index (χ0n) is 23.7. The minimum absolute atomic E-state index is 0.0300. The highest BCUT2D eigenvalue weighted by Crippen LogP contribution is 2.40. The highest BCUT2D eigenvalue weighted by molar-refractivity contribution is 7.93. The summed E-state index contributed by atoms with van der Waals surface area (Å²) in [5.74, 6) is 2.18. The molecule has 3 heterocycles. The number of aryl methyl sites for hydroxylation is 1. The maximum Gasteiger partial charge on any atom is 0.246 e. The molecule has 14 heteroatoms. The number of aliphatic hydroxyl groups is 1. The van der Waals surface area contributed by atoms with Crippen LogP contribution in [0.4, 0.5) is 5.95 Å². The molecular formula is C26H35N5O6S2Si-. The van der Waals surface area contributed by atoms with Gasteiger partial charge in [0.1, 0.15) is 34.3 Å². The first-order valence-corrected chi connectivity index (χ1v) is 18.9. The predicted octanol–water partition coefficient (Wildman–Crippen LogP) is 4.91. The van der Waals surface area contributed by atoms with Gasteiger partial charge in [0.05, 0.1) is 25.4 Å². The Morgan fingerprint density at radius 1 is 1.12 bits per heavy atom. The zero-order chi connectivity index (χ0) is 29.2. The lowest BCUT2D eigenvalue weighted by Crippen LogP contribution is -2.44. The molecule has 4 rings (SSSR count). The lowest BCUT2D eigenvalue weighted by Gasteiger charge is -2.34. The molecule has 0 fully saturated rings. The van der Waals surface area contributed by atoms with Crippen molar-refractivity contribution >= 4 is 35.4 Å². The molecule has 0 bridgehead atoms. The van der Waals surface area contributed by atoms with Crippen LogP contribution in [0.5, 0.6) is 11.5 Å². The number of anilines is 1. The number of nitrogens with zero attached hydrogens (tertiary/aromatic N) is 5. The smallest absolute Gasteiger partial charge is 0.246 e. The second kappa shape index (κ2) is 11.7. The Morgan fingerprint density at radius 2 is 1.80 bits per heavy atom. The van der Waals surface area contributed by atoms with Crippen molar-refractivity contribution in [3.8, 4) is 28.8 Å². The number of hydrogen-bond donors (Lipinski definition) is 1. The number of aliphatic hydroxyl groups excluding tert-OH is 1. The first-order chi connectivity index (χ1) is 18.9. The van der Waals surface area contributed by atoms with Crippen molar-refractivity contribution in [2.24, 2.45) is 0 Å². The van der Waals surface area contributed by atoms with Gasteiger partial charge in [-0.1, -0.05) is 6.07 Å². The highest BCUT2D eigenvalue weighted by atomic mass is 32.2. The van der Waals surface area contributed by atoms with E-state index in [0.717, 1.165) is 0 Å². The average Bonchev–Trinajstić information content (AvgIpc) is 3.68. The van der Waals surface area contributed by atoms with Gasteiger partial charge in [-0.25, -0.2) is 17.7 Å². The van der Waals surface area contributed by atoms with Crippen molar-refractivity contribution in [3.05, 3.63) is 52.7 Å². The van der Waals surface area contributed by atoms with Gasteiger partial charge >= 0.3 is 0 Å². The second-order valence-electron chi connectivity index (χ2n) is 10.6. The van der Waals surface area contributed by atoms with E-state index in [1.54, 1.807) is 52.7 Å². The van der Waals surface area contributed by atoms with Gasteiger partial charge in [-0.3, -0.25) is 4.57 Å². The monoisotopic (exact) mass is 605 g/mol. The van der Waals surface area contributed by atoms with Crippen molar-refractivity contribution in [1.82, 2.24) is 19.7 Å². The third-order valence-electron chi connectivity index (χ3n) is 6.50. The first kappa shape index (κ1) is 29.8. The molecule has 2 atom stereocenters. The minimum Gasteiger partial charge on any atom is -0.494 e. The van der Waals surface area contributed by atoms with Crippen LogP contribution < -0.4 is 13.8 Å². The Kier molecular flexibility index (Phi) is 8.73. The van der Waals surface area contributed by atoms with Gasteiger partial charge in [-0.05, 0) is 38.1 Å². The average molecular weight is 606 g/mol. The summed E-state index contributed by atoms with van der Waals surface area (Å²) in [5.41, 5.74) is 2.27. The maximum atomic E-state index is 14.3. The van der Waals surface area contributed by atoms with Gasteiger partial charge in [0.2, 0.25) is 21.8 Å². The normalized spacial score (nSPS) is 13.7. The molecule has 0 radical (unpaired) electrons. The number of furan rings is 1. The Labute approximate surface area is 239 Å². The molecule has 0 saturated carbocycles. The Balaban J connectivity index is 1.98. The predicted molar refractivity (Wildman–Crippen MR) is 158 cm³/mol. The summed E-state index contributed by atoms with van der Waals surface area (Å²) in [5, 5.41) is 20.2. The van der Waals surface area contributed by atoms with Crippen molar-refractivity contribution in [1.29, 1.82) is 0 Å². The van der Waals surface area contributed by atoms with Crippen molar-refractivity contribution < 1.29 is 27.4 Å². The standard InChI is InChI=1S/C26H35N5O6S2Si/c1-17-11-12-22(37-17)25-28-29-26(31(25)23-20(35-3)9-8-10-21(23)36-4)30(13-14-40(5,6)7)39(33,34)18(2)24(32)19-15-38-16-27-19/h8-12,15-16,18,24,32H,13-14H2,1-7H3/q-1/t18-,24+/m0/s1. The number of methoxy groups -OCH3 is 2. The Bertz CT molecular complexity index is 1520. The number of rotatable bonds is 12. The van der Waals surface area contributed by atoms with Crippen LogP contribution in [0.15, 0.2) is 45.6 Å². The summed E-state index contributed by atoms with van der Waals surface area (Å²) in [6.45, 7) is 9.91. The van der Waals surface area contributed by atoms with Crippen LogP contribution in [0.25, 0.3) is 17.3 Å². The van der Waals surface area contributed by atoms with E-state index in [4.69, 9.17) is 13.9 Å². The number of ether oxygens (including phenoxy) is 2. The summed E-state index contributed by atoms with van der Waals surface area (Å²) in [6.07, 6.45) is -1.34. The fourth-order valence-electron chi connectivity index (χ4n) is 4.16. The van der Waals surface area contributed by atoms with Crippen molar-refractivity contribution in [3.63, 3.8) is 0 Å². The van der Waals surface area contributed by atoms with E-state index in [-0.39, 0.29) is 18.3 Å². The Hall–Kier alpha value is -3.20. The van der Waals surface area contributed by atoms with E-state index in [0.29, 0.717) is 40.4 Å². The number of sulfonamides is 1. The van der Waals surface area contributed by atoms with Crippen LogP contribution in [0, 0.1) is 6.92 Å². The van der Waals surface area contributed by atoms with Gasteiger partial charge in [-0.15, -0.1) is 35.7 Å². The molecule has 0 saturated heterocycles. The summed E-state index contributed by atoms with van der Waals surface area (Å²) < 4.78 is 48.7. The van der Waals surface area contributed by atoms with Crippen LogP contribution in [0.2, 0.25) is 25.7 Å². The molecule has 0 aliphatic rings. The number of benzene rings is 1. The Morgan fingerprint density at radius 3 is 2.33 bits per heavy atom. The molecule has 40 heavy (non-hydrogen) atoms. The van der Waals surface area contributed by atoms with Gasteiger partial charge in [0.15, 0.2) is 5.76 Å². The lowest BCUT2D eigenvalue weighted by molar-refractivity contribution is 0.171. The molecule has 1 aromatic carbocycles. The topological polar surface area (TPSA) is 133 Å². The fraction of sp³-hybridized carbons (Fsp3) is 0.423. The molecule has 0 aliphatic carbocycles. The molecule has 0 amide bonds.